The van der Waals surface area contributed by atoms with Crippen LogP contribution in [0.3, 0.4) is 0 Å². The molecule has 0 atom stereocenters. The molecule has 1 aliphatic rings. The molecule has 3 rings (SSSR count). The van der Waals surface area contributed by atoms with Crippen molar-refractivity contribution in [3.05, 3.63) is 59.7 Å². The predicted molar refractivity (Wildman–Crippen MR) is 92.0 cm³/mol. The van der Waals surface area contributed by atoms with E-state index in [2.05, 4.69) is 24.3 Å². The van der Waals surface area contributed by atoms with Crippen LogP contribution in [0.15, 0.2) is 48.5 Å². The summed E-state index contributed by atoms with van der Waals surface area (Å²) in [5.41, 5.74) is 3.59. The van der Waals surface area contributed by atoms with Crippen molar-refractivity contribution in [1.29, 1.82) is 0 Å². The van der Waals surface area contributed by atoms with E-state index in [0.29, 0.717) is 19.8 Å². The van der Waals surface area contributed by atoms with Crippen LogP contribution in [-0.2, 0) is 26.3 Å². The highest BCUT2D eigenvalue weighted by molar-refractivity contribution is 5.85. The Morgan fingerprint density at radius 2 is 1.58 bits per heavy atom. The molecule has 0 amide bonds. The standard InChI is InChI=1S/C20H22O4/c1-23-12-13-24-14-15-2-4-16(5-3-15)17-6-8-18(9-7-17)20(10-11-20)19(21)22/h2-9H,10-14H2,1H3,(H,21,22). The fraction of sp³-hybridized carbons (Fsp3) is 0.350. The van der Waals surface area contributed by atoms with Crippen LogP contribution < -0.4 is 0 Å². The number of methoxy groups -OCH3 is 1. The van der Waals surface area contributed by atoms with Gasteiger partial charge in [-0.25, -0.2) is 0 Å². The summed E-state index contributed by atoms with van der Waals surface area (Å²) < 4.78 is 10.5. The maximum Gasteiger partial charge on any atom is 0.314 e. The number of rotatable bonds is 8. The highest BCUT2D eigenvalue weighted by atomic mass is 16.5. The average molecular weight is 326 g/mol. The van der Waals surface area contributed by atoms with Gasteiger partial charge >= 0.3 is 5.97 Å². The lowest BCUT2D eigenvalue weighted by Crippen LogP contribution is -2.19. The summed E-state index contributed by atoms with van der Waals surface area (Å²) in [6.45, 7) is 1.76. The Kier molecular flexibility index (Phi) is 4.97. The summed E-state index contributed by atoms with van der Waals surface area (Å²) in [6, 6.07) is 16.1. The van der Waals surface area contributed by atoms with E-state index in [4.69, 9.17) is 9.47 Å². The van der Waals surface area contributed by atoms with Crippen LogP contribution in [-0.4, -0.2) is 31.4 Å². The second-order valence-electron chi connectivity index (χ2n) is 6.21. The fourth-order valence-corrected chi connectivity index (χ4v) is 2.86. The number of carboxylic acid groups (broad SMARTS) is 1. The first-order chi connectivity index (χ1) is 11.7. The molecule has 0 aliphatic heterocycles. The van der Waals surface area contributed by atoms with Crippen molar-refractivity contribution in [3.63, 3.8) is 0 Å². The molecule has 0 aromatic heterocycles. The minimum absolute atomic E-state index is 0.573. The summed E-state index contributed by atoms with van der Waals surface area (Å²) in [7, 11) is 1.66. The first-order valence-electron chi connectivity index (χ1n) is 8.16. The molecule has 4 heteroatoms. The molecule has 0 bridgehead atoms. The number of carboxylic acids is 1. The molecule has 0 unspecified atom stereocenters. The summed E-state index contributed by atoms with van der Waals surface area (Å²) in [4.78, 5) is 11.4. The highest BCUT2D eigenvalue weighted by Crippen LogP contribution is 2.48. The van der Waals surface area contributed by atoms with E-state index in [-0.39, 0.29) is 0 Å². The zero-order valence-electron chi connectivity index (χ0n) is 13.8. The van der Waals surface area contributed by atoms with Gasteiger partial charge in [0.1, 0.15) is 0 Å². The van der Waals surface area contributed by atoms with Crippen molar-refractivity contribution in [1.82, 2.24) is 0 Å². The minimum Gasteiger partial charge on any atom is -0.481 e. The van der Waals surface area contributed by atoms with Gasteiger partial charge in [-0.15, -0.1) is 0 Å². The molecule has 0 spiro atoms. The predicted octanol–water partition coefficient (Wildman–Crippen LogP) is 3.63. The van der Waals surface area contributed by atoms with Crippen LogP contribution in [0.5, 0.6) is 0 Å². The van der Waals surface area contributed by atoms with Gasteiger partial charge in [0.15, 0.2) is 0 Å². The molecule has 1 saturated carbocycles. The van der Waals surface area contributed by atoms with Gasteiger partial charge in [-0.05, 0) is 35.1 Å². The van der Waals surface area contributed by atoms with Crippen molar-refractivity contribution in [3.8, 4) is 11.1 Å². The van der Waals surface area contributed by atoms with Crippen LogP contribution in [0.25, 0.3) is 11.1 Å². The fourth-order valence-electron chi connectivity index (χ4n) is 2.86. The Morgan fingerprint density at radius 3 is 2.08 bits per heavy atom. The highest BCUT2D eigenvalue weighted by Gasteiger charge is 2.51. The monoisotopic (exact) mass is 326 g/mol. The van der Waals surface area contributed by atoms with E-state index in [1.54, 1.807) is 7.11 Å². The van der Waals surface area contributed by atoms with E-state index >= 15 is 0 Å². The van der Waals surface area contributed by atoms with Crippen molar-refractivity contribution in [2.45, 2.75) is 24.9 Å². The molecule has 1 N–H and O–H groups in total. The molecule has 2 aromatic carbocycles. The summed E-state index contributed by atoms with van der Waals surface area (Å²) >= 11 is 0. The molecule has 1 aliphatic carbocycles. The summed E-state index contributed by atoms with van der Waals surface area (Å²) in [6.07, 6.45) is 1.47. The van der Waals surface area contributed by atoms with E-state index in [9.17, 15) is 9.90 Å². The van der Waals surface area contributed by atoms with E-state index in [0.717, 1.165) is 35.1 Å². The Bertz CT molecular complexity index is 685. The van der Waals surface area contributed by atoms with Gasteiger partial charge in [0.25, 0.3) is 0 Å². The Hall–Kier alpha value is -2.17. The maximum absolute atomic E-state index is 11.4. The van der Waals surface area contributed by atoms with Crippen LogP contribution in [0.1, 0.15) is 24.0 Å². The molecular formula is C20H22O4. The van der Waals surface area contributed by atoms with Crippen LogP contribution in [0.4, 0.5) is 0 Å². The molecule has 0 radical (unpaired) electrons. The smallest absolute Gasteiger partial charge is 0.314 e. The summed E-state index contributed by atoms with van der Waals surface area (Å²) in [5.74, 6) is -0.715. The van der Waals surface area contributed by atoms with Gasteiger partial charge in [0.05, 0.1) is 25.2 Å². The lowest BCUT2D eigenvalue weighted by atomic mass is 9.94. The largest absolute Gasteiger partial charge is 0.481 e. The number of carbonyl (C=O) groups is 1. The van der Waals surface area contributed by atoms with Gasteiger partial charge in [-0.3, -0.25) is 4.79 Å². The number of hydrogen-bond donors (Lipinski definition) is 1. The summed E-state index contributed by atoms with van der Waals surface area (Å²) in [5, 5.41) is 9.36. The van der Waals surface area contributed by atoms with E-state index in [1.807, 2.05) is 24.3 Å². The van der Waals surface area contributed by atoms with Crippen LogP contribution >= 0.6 is 0 Å². The molecule has 24 heavy (non-hydrogen) atoms. The lowest BCUT2D eigenvalue weighted by Gasteiger charge is -2.11. The van der Waals surface area contributed by atoms with E-state index < -0.39 is 11.4 Å². The number of aliphatic carboxylic acids is 1. The number of hydrogen-bond acceptors (Lipinski definition) is 3. The second kappa shape index (κ2) is 7.16. The SMILES string of the molecule is COCCOCc1ccc(-c2ccc(C3(C(=O)O)CC3)cc2)cc1. The third kappa shape index (κ3) is 3.50. The third-order valence-electron chi connectivity index (χ3n) is 4.58. The van der Waals surface area contributed by atoms with Gasteiger partial charge in [-0.1, -0.05) is 48.5 Å². The van der Waals surface area contributed by atoms with Crippen molar-refractivity contribution < 1.29 is 19.4 Å². The molecule has 126 valence electrons. The van der Waals surface area contributed by atoms with Gasteiger partial charge < -0.3 is 14.6 Å². The van der Waals surface area contributed by atoms with Gasteiger partial charge in [0, 0.05) is 7.11 Å². The average Bonchev–Trinajstić information content (AvgIpc) is 3.42. The first kappa shape index (κ1) is 16.7. The Labute approximate surface area is 142 Å². The number of benzene rings is 2. The van der Waals surface area contributed by atoms with Crippen LogP contribution in [0.2, 0.25) is 0 Å². The Morgan fingerprint density at radius 1 is 1.00 bits per heavy atom. The third-order valence-corrected chi connectivity index (χ3v) is 4.58. The normalized spacial score (nSPS) is 15.2. The van der Waals surface area contributed by atoms with Gasteiger partial charge in [0.2, 0.25) is 0 Å². The molecule has 1 fully saturated rings. The van der Waals surface area contributed by atoms with Crippen molar-refractivity contribution >= 4 is 5.97 Å². The zero-order chi connectivity index (χ0) is 17.0. The van der Waals surface area contributed by atoms with Crippen molar-refractivity contribution in [2.24, 2.45) is 0 Å². The van der Waals surface area contributed by atoms with Gasteiger partial charge in [-0.2, -0.15) is 0 Å². The quantitative estimate of drug-likeness (QED) is 0.753. The first-order valence-corrected chi connectivity index (χ1v) is 8.16. The van der Waals surface area contributed by atoms with Crippen molar-refractivity contribution in [2.75, 3.05) is 20.3 Å². The molecular weight excluding hydrogens is 304 g/mol. The molecule has 0 heterocycles. The Balaban J connectivity index is 1.65. The van der Waals surface area contributed by atoms with E-state index in [1.165, 1.54) is 0 Å². The topological polar surface area (TPSA) is 55.8 Å². The number of ether oxygens (including phenoxy) is 2. The maximum atomic E-state index is 11.4. The molecule has 0 saturated heterocycles. The molecule has 4 nitrogen and oxygen atoms in total. The lowest BCUT2D eigenvalue weighted by molar-refractivity contribution is -0.140. The molecule has 2 aromatic rings. The second-order valence-corrected chi connectivity index (χ2v) is 6.21. The van der Waals surface area contributed by atoms with Crippen LogP contribution in [0, 0.1) is 0 Å². The zero-order valence-corrected chi connectivity index (χ0v) is 13.8. The minimum atomic E-state index is -0.715.